The second-order valence-electron chi connectivity index (χ2n) is 16.2. The van der Waals surface area contributed by atoms with Gasteiger partial charge in [0.15, 0.2) is 23.1 Å². The van der Waals surface area contributed by atoms with Crippen LogP contribution in [0, 0.1) is 0 Å². The van der Waals surface area contributed by atoms with E-state index in [2.05, 4.69) is 162 Å². The molecule has 5 heteroatoms. The van der Waals surface area contributed by atoms with E-state index in [-0.39, 0.29) is 0 Å². The summed E-state index contributed by atoms with van der Waals surface area (Å²) in [5, 5.41) is 4.44. The zero-order valence-corrected chi connectivity index (χ0v) is 34.0. The third-order valence-electron chi connectivity index (χ3n) is 12.9. The van der Waals surface area contributed by atoms with Crippen molar-refractivity contribution in [2.75, 3.05) is 0 Å². The molecule has 9 aromatic carbocycles. The van der Waals surface area contributed by atoms with E-state index in [9.17, 15) is 0 Å². The van der Waals surface area contributed by atoms with E-state index in [1.807, 2.05) is 60.7 Å². The van der Waals surface area contributed by atoms with Crippen LogP contribution in [0.1, 0.15) is 22.3 Å². The summed E-state index contributed by atoms with van der Waals surface area (Å²) in [5.41, 5.74) is 14.5. The van der Waals surface area contributed by atoms with E-state index >= 15 is 0 Å². The first-order valence-corrected chi connectivity index (χ1v) is 21.4. The Kier molecular flexibility index (Phi) is 7.75. The van der Waals surface area contributed by atoms with E-state index in [4.69, 9.17) is 19.4 Å². The average molecular weight is 805 g/mol. The molecule has 0 unspecified atom stereocenters. The summed E-state index contributed by atoms with van der Waals surface area (Å²) in [6.45, 7) is 0. The molecule has 294 valence electrons. The second-order valence-corrected chi connectivity index (χ2v) is 16.2. The van der Waals surface area contributed by atoms with Crippen LogP contribution in [0.2, 0.25) is 0 Å². The molecule has 0 bridgehead atoms. The molecule has 0 amide bonds. The summed E-state index contributed by atoms with van der Waals surface area (Å²) >= 11 is 0. The number of hydrogen-bond donors (Lipinski definition) is 0. The van der Waals surface area contributed by atoms with Crippen molar-refractivity contribution in [3.05, 3.63) is 241 Å². The highest BCUT2D eigenvalue weighted by Gasteiger charge is 2.47. The molecule has 1 aliphatic rings. The van der Waals surface area contributed by atoms with Crippen LogP contribution in [0.5, 0.6) is 0 Å². The van der Waals surface area contributed by atoms with Gasteiger partial charge in [0.1, 0.15) is 5.58 Å². The molecular formula is C58H36N4O. The monoisotopic (exact) mass is 804 g/mol. The Labute approximate surface area is 363 Å². The third-order valence-corrected chi connectivity index (χ3v) is 12.9. The summed E-state index contributed by atoms with van der Waals surface area (Å²) in [5.74, 6) is 1.77. The van der Waals surface area contributed by atoms with Crippen LogP contribution in [-0.4, -0.2) is 19.5 Å². The molecule has 3 heterocycles. The van der Waals surface area contributed by atoms with Crippen molar-refractivity contribution in [2.45, 2.75) is 5.41 Å². The summed E-state index contributed by atoms with van der Waals surface area (Å²) in [4.78, 5) is 15.1. The number of nitrogens with zero attached hydrogens (tertiary/aromatic N) is 4. The first-order chi connectivity index (χ1) is 31.3. The molecule has 5 nitrogen and oxygen atoms in total. The minimum Gasteiger partial charge on any atom is -0.453 e. The van der Waals surface area contributed by atoms with Gasteiger partial charge in [0.05, 0.1) is 27.7 Å². The minimum absolute atomic E-state index is 0.503. The molecule has 0 radical (unpaired) electrons. The summed E-state index contributed by atoms with van der Waals surface area (Å²) in [7, 11) is 0. The molecule has 0 saturated carbocycles. The molecular weight excluding hydrogens is 769 g/mol. The number of furan rings is 1. The molecule has 0 saturated heterocycles. The predicted molar refractivity (Wildman–Crippen MR) is 255 cm³/mol. The summed E-state index contributed by atoms with van der Waals surface area (Å²) in [6, 6.07) is 77.4. The number of fused-ring (bicyclic) bond motifs is 10. The second kappa shape index (κ2) is 13.8. The Hall–Kier alpha value is -8.41. The van der Waals surface area contributed by atoms with Crippen molar-refractivity contribution in [2.24, 2.45) is 0 Å². The van der Waals surface area contributed by atoms with Gasteiger partial charge in [-0.1, -0.05) is 194 Å². The molecule has 0 atom stereocenters. The van der Waals surface area contributed by atoms with Gasteiger partial charge in [-0.15, -0.1) is 0 Å². The van der Waals surface area contributed by atoms with Gasteiger partial charge in [-0.05, 0) is 57.6 Å². The maximum atomic E-state index is 7.16. The number of para-hydroxylation sites is 3. The van der Waals surface area contributed by atoms with Gasteiger partial charge in [-0.25, -0.2) is 15.0 Å². The molecule has 3 aromatic heterocycles. The largest absolute Gasteiger partial charge is 0.453 e. The highest BCUT2D eigenvalue weighted by Crippen LogP contribution is 2.59. The van der Waals surface area contributed by atoms with Crippen molar-refractivity contribution in [3.63, 3.8) is 0 Å². The summed E-state index contributed by atoms with van der Waals surface area (Å²) in [6.07, 6.45) is 0. The lowest BCUT2D eigenvalue weighted by molar-refractivity contribution is 0.667. The highest BCUT2D eigenvalue weighted by molar-refractivity contribution is 6.19. The van der Waals surface area contributed by atoms with Crippen LogP contribution in [0.15, 0.2) is 223 Å². The smallest absolute Gasteiger partial charge is 0.167 e. The maximum Gasteiger partial charge on any atom is 0.167 e. The van der Waals surface area contributed by atoms with Gasteiger partial charge in [-0.3, -0.25) is 0 Å². The molecule has 0 spiro atoms. The molecule has 63 heavy (non-hydrogen) atoms. The number of aromatic nitrogens is 4. The van der Waals surface area contributed by atoms with Crippen molar-refractivity contribution in [3.8, 4) is 51.0 Å². The van der Waals surface area contributed by atoms with Gasteiger partial charge in [0.25, 0.3) is 0 Å². The fraction of sp³-hybridized carbons (Fsp3) is 0.0172. The lowest BCUT2D eigenvalue weighted by atomic mass is 9.67. The van der Waals surface area contributed by atoms with Crippen molar-refractivity contribution in [1.82, 2.24) is 19.5 Å². The van der Waals surface area contributed by atoms with Crippen LogP contribution in [0.3, 0.4) is 0 Å². The standard InChI is InChI=1S/C58H36N4O/c1-5-19-37(20-6-1)55-59-56(38-21-7-2-8-22-38)61-57(60-55)45-31-17-29-41-42-30-18-34-50(54(42)63-53(41)45)62-48-33-16-14-28-44(48)52-49(62)36-35-47-51(52)43-27-13-15-32-46(43)58(47,39-23-9-3-10-24-39)40-25-11-4-12-26-40/h1-36H. The molecule has 13 rings (SSSR count). The Morgan fingerprint density at radius 2 is 0.889 bits per heavy atom. The summed E-state index contributed by atoms with van der Waals surface area (Å²) < 4.78 is 9.55. The Morgan fingerprint density at radius 3 is 1.57 bits per heavy atom. The van der Waals surface area contributed by atoms with E-state index in [1.54, 1.807) is 0 Å². The molecule has 1 aliphatic carbocycles. The molecule has 0 fully saturated rings. The van der Waals surface area contributed by atoms with Crippen LogP contribution in [0.4, 0.5) is 0 Å². The molecule has 0 N–H and O–H groups in total. The van der Waals surface area contributed by atoms with E-state index < -0.39 is 5.41 Å². The first kappa shape index (κ1) is 35.4. The van der Waals surface area contributed by atoms with Crippen molar-refractivity contribution in [1.29, 1.82) is 0 Å². The fourth-order valence-electron chi connectivity index (χ4n) is 10.3. The number of benzene rings is 9. The molecule has 0 aliphatic heterocycles. The quantitative estimate of drug-likeness (QED) is 0.168. The zero-order chi connectivity index (χ0) is 41.5. The van der Waals surface area contributed by atoms with Gasteiger partial charge in [0, 0.05) is 32.7 Å². The van der Waals surface area contributed by atoms with Crippen molar-refractivity contribution < 1.29 is 4.42 Å². The van der Waals surface area contributed by atoms with Gasteiger partial charge in [-0.2, -0.15) is 0 Å². The SMILES string of the molecule is c1ccc(-c2nc(-c3ccccc3)nc(-c3cccc4c3oc3c(-n5c6ccccc6c6c7c(ccc65)C(c5ccccc5)(c5ccccc5)c5ccccc5-7)cccc34)n2)cc1. The van der Waals surface area contributed by atoms with Gasteiger partial charge >= 0.3 is 0 Å². The van der Waals surface area contributed by atoms with E-state index in [1.165, 1.54) is 44.2 Å². The zero-order valence-electron chi connectivity index (χ0n) is 34.0. The lowest BCUT2D eigenvalue weighted by Crippen LogP contribution is -2.28. The minimum atomic E-state index is -0.503. The Morgan fingerprint density at radius 1 is 0.365 bits per heavy atom. The topological polar surface area (TPSA) is 56.7 Å². The fourth-order valence-corrected chi connectivity index (χ4v) is 10.3. The van der Waals surface area contributed by atoms with Gasteiger partial charge in [0.2, 0.25) is 0 Å². The van der Waals surface area contributed by atoms with Crippen LogP contribution in [0.25, 0.3) is 94.7 Å². The van der Waals surface area contributed by atoms with Crippen LogP contribution in [-0.2, 0) is 5.41 Å². The normalized spacial score (nSPS) is 12.9. The van der Waals surface area contributed by atoms with E-state index in [0.29, 0.717) is 17.5 Å². The first-order valence-electron chi connectivity index (χ1n) is 21.4. The third kappa shape index (κ3) is 5.14. The average Bonchev–Trinajstić information content (AvgIpc) is 4.02. The van der Waals surface area contributed by atoms with Crippen LogP contribution < -0.4 is 0 Å². The Balaban J connectivity index is 1.07. The molecule has 12 aromatic rings. The van der Waals surface area contributed by atoms with Crippen LogP contribution >= 0.6 is 0 Å². The van der Waals surface area contributed by atoms with Crippen molar-refractivity contribution >= 4 is 43.7 Å². The maximum absolute atomic E-state index is 7.16. The highest BCUT2D eigenvalue weighted by atomic mass is 16.3. The lowest BCUT2D eigenvalue weighted by Gasteiger charge is -2.33. The van der Waals surface area contributed by atoms with E-state index in [0.717, 1.165) is 55.3 Å². The Bertz CT molecular complexity index is 3630. The predicted octanol–water partition coefficient (Wildman–Crippen LogP) is 14.2. The number of rotatable bonds is 6. The van der Waals surface area contributed by atoms with Gasteiger partial charge < -0.3 is 8.98 Å². The number of hydrogen-bond acceptors (Lipinski definition) is 4.